The Morgan fingerprint density at radius 3 is 2.45 bits per heavy atom. The molecule has 1 N–H and O–H groups in total. The minimum absolute atomic E-state index is 0.181. The topological polar surface area (TPSA) is 87.0 Å². The van der Waals surface area contributed by atoms with Gasteiger partial charge in [0.25, 0.3) is 5.91 Å². The van der Waals surface area contributed by atoms with Crippen molar-refractivity contribution in [2.24, 2.45) is 0 Å². The first kappa shape index (κ1) is 22.0. The second-order valence-electron chi connectivity index (χ2n) is 7.03. The van der Waals surface area contributed by atoms with Crippen LogP contribution < -0.4 is 14.8 Å². The number of carbonyl (C=O) groups is 2. The molecule has 0 aliphatic rings. The van der Waals surface area contributed by atoms with E-state index in [1.165, 1.54) is 14.2 Å². The van der Waals surface area contributed by atoms with Gasteiger partial charge in [-0.05, 0) is 55.3 Å². The number of ether oxygens (including phenoxy) is 3. The van der Waals surface area contributed by atoms with Crippen LogP contribution in [0.3, 0.4) is 0 Å². The SMILES string of the molecule is COC(=O)c1cc(CNC(=O)c2ccc(COc3ccc(C)cc3C)o2)ccc1OC. The highest BCUT2D eigenvalue weighted by atomic mass is 16.5. The second kappa shape index (κ2) is 9.84. The molecule has 7 nitrogen and oxygen atoms in total. The molecule has 3 rings (SSSR count). The summed E-state index contributed by atoms with van der Waals surface area (Å²) in [5.41, 5.74) is 3.22. The monoisotopic (exact) mass is 423 g/mol. The summed E-state index contributed by atoms with van der Waals surface area (Å²) in [4.78, 5) is 24.3. The Bertz CT molecular complexity index is 1090. The lowest BCUT2D eigenvalue weighted by molar-refractivity contribution is 0.0597. The number of furan rings is 1. The minimum Gasteiger partial charge on any atom is -0.496 e. The van der Waals surface area contributed by atoms with Crippen molar-refractivity contribution in [2.45, 2.75) is 27.0 Å². The molecule has 0 aliphatic carbocycles. The van der Waals surface area contributed by atoms with Crippen LogP contribution in [-0.2, 0) is 17.9 Å². The molecular weight excluding hydrogens is 398 g/mol. The number of rotatable bonds is 8. The van der Waals surface area contributed by atoms with E-state index in [2.05, 4.69) is 5.32 Å². The summed E-state index contributed by atoms with van der Waals surface area (Å²) in [6.07, 6.45) is 0. The van der Waals surface area contributed by atoms with Crippen LogP contribution in [0.4, 0.5) is 0 Å². The first-order chi connectivity index (χ1) is 14.9. The van der Waals surface area contributed by atoms with Gasteiger partial charge in [0.05, 0.1) is 14.2 Å². The van der Waals surface area contributed by atoms with Gasteiger partial charge in [0.1, 0.15) is 29.4 Å². The first-order valence-corrected chi connectivity index (χ1v) is 9.73. The van der Waals surface area contributed by atoms with E-state index in [-0.39, 0.29) is 24.8 Å². The van der Waals surface area contributed by atoms with E-state index in [1.807, 2.05) is 32.0 Å². The number of amides is 1. The highest BCUT2D eigenvalue weighted by Crippen LogP contribution is 2.22. The summed E-state index contributed by atoms with van der Waals surface area (Å²) in [7, 11) is 2.77. The third-order valence-electron chi connectivity index (χ3n) is 4.71. The van der Waals surface area contributed by atoms with Crippen molar-refractivity contribution in [3.63, 3.8) is 0 Å². The second-order valence-corrected chi connectivity index (χ2v) is 7.03. The maximum absolute atomic E-state index is 12.4. The molecule has 162 valence electrons. The molecule has 0 aliphatic heterocycles. The molecule has 1 amide bonds. The summed E-state index contributed by atoms with van der Waals surface area (Å²) in [5, 5.41) is 2.77. The highest BCUT2D eigenvalue weighted by Gasteiger charge is 2.15. The van der Waals surface area contributed by atoms with Gasteiger partial charge in [-0.1, -0.05) is 23.8 Å². The van der Waals surface area contributed by atoms with Gasteiger partial charge in [-0.15, -0.1) is 0 Å². The zero-order chi connectivity index (χ0) is 22.4. The van der Waals surface area contributed by atoms with Gasteiger partial charge in [-0.25, -0.2) is 4.79 Å². The van der Waals surface area contributed by atoms with Crippen molar-refractivity contribution in [3.05, 3.63) is 82.3 Å². The van der Waals surface area contributed by atoms with E-state index in [0.717, 1.165) is 22.4 Å². The number of nitrogens with one attached hydrogen (secondary N) is 1. The number of hydrogen-bond acceptors (Lipinski definition) is 6. The molecule has 1 aromatic heterocycles. The molecule has 7 heteroatoms. The largest absolute Gasteiger partial charge is 0.496 e. The van der Waals surface area contributed by atoms with Crippen LogP contribution in [0.15, 0.2) is 52.9 Å². The quantitative estimate of drug-likeness (QED) is 0.547. The third kappa shape index (κ3) is 5.45. The zero-order valence-electron chi connectivity index (χ0n) is 18.0. The first-order valence-electron chi connectivity index (χ1n) is 9.73. The zero-order valence-corrected chi connectivity index (χ0v) is 18.0. The van der Waals surface area contributed by atoms with Crippen molar-refractivity contribution >= 4 is 11.9 Å². The van der Waals surface area contributed by atoms with Gasteiger partial charge >= 0.3 is 5.97 Å². The van der Waals surface area contributed by atoms with Crippen LogP contribution >= 0.6 is 0 Å². The smallest absolute Gasteiger partial charge is 0.341 e. The normalized spacial score (nSPS) is 10.5. The highest BCUT2D eigenvalue weighted by molar-refractivity contribution is 5.93. The maximum Gasteiger partial charge on any atom is 0.341 e. The van der Waals surface area contributed by atoms with Crippen LogP contribution in [0.1, 0.15) is 43.4 Å². The summed E-state index contributed by atoms with van der Waals surface area (Å²) in [6, 6.07) is 14.3. The molecule has 0 unspecified atom stereocenters. The van der Waals surface area contributed by atoms with E-state index in [4.69, 9.17) is 18.6 Å². The Labute approximate surface area is 180 Å². The van der Waals surface area contributed by atoms with E-state index < -0.39 is 5.97 Å². The summed E-state index contributed by atoms with van der Waals surface area (Å²) in [5.74, 6) is 1.02. The van der Waals surface area contributed by atoms with E-state index >= 15 is 0 Å². The van der Waals surface area contributed by atoms with E-state index in [0.29, 0.717) is 17.1 Å². The summed E-state index contributed by atoms with van der Waals surface area (Å²) in [6.45, 7) is 4.44. The van der Waals surface area contributed by atoms with Crippen LogP contribution in [0.25, 0.3) is 0 Å². The lowest BCUT2D eigenvalue weighted by atomic mass is 10.1. The molecule has 3 aromatic rings. The molecule has 0 saturated heterocycles. The number of aryl methyl sites for hydroxylation is 2. The number of esters is 1. The lowest BCUT2D eigenvalue weighted by Gasteiger charge is -2.10. The Morgan fingerprint density at radius 2 is 1.74 bits per heavy atom. The van der Waals surface area contributed by atoms with Crippen molar-refractivity contribution in [2.75, 3.05) is 14.2 Å². The van der Waals surface area contributed by atoms with E-state index in [9.17, 15) is 9.59 Å². The Kier molecular flexibility index (Phi) is 6.97. The molecule has 1 heterocycles. The van der Waals surface area contributed by atoms with Gasteiger partial charge in [0.15, 0.2) is 5.76 Å². The molecule has 0 spiro atoms. The number of benzene rings is 2. The molecule has 2 aromatic carbocycles. The lowest BCUT2D eigenvalue weighted by Crippen LogP contribution is -2.22. The average molecular weight is 423 g/mol. The van der Waals surface area contributed by atoms with Crippen LogP contribution in [0.5, 0.6) is 11.5 Å². The molecule has 0 bridgehead atoms. The number of methoxy groups -OCH3 is 2. The Morgan fingerprint density at radius 1 is 0.968 bits per heavy atom. The average Bonchev–Trinajstić information content (AvgIpc) is 3.25. The molecule has 0 saturated carbocycles. The van der Waals surface area contributed by atoms with Crippen molar-refractivity contribution in [1.82, 2.24) is 5.32 Å². The van der Waals surface area contributed by atoms with Gasteiger partial charge < -0.3 is 23.9 Å². The van der Waals surface area contributed by atoms with Crippen LogP contribution in [-0.4, -0.2) is 26.1 Å². The van der Waals surface area contributed by atoms with Gasteiger partial charge in [-0.2, -0.15) is 0 Å². The predicted molar refractivity (Wildman–Crippen MR) is 114 cm³/mol. The number of carbonyl (C=O) groups excluding carboxylic acids is 2. The predicted octanol–water partition coefficient (Wildman–Crippen LogP) is 4.20. The van der Waals surface area contributed by atoms with Gasteiger partial charge in [0.2, 0.25) is 0 Å². The fraction of sp³-hybridized carbons (Fsp3) is 0.250. The Balaban J connectivity index is 1.59. The minimum atomic E-state index is -0.510. The standard InChI is InChI=1S/C24H25NO6/c1-15-5-8-20(16(2)11-15)30-14-18-7-10-22(31-18)23(26)25-13-17-6-9-21(28-3)19(12-17)24(27)29-4/h5-12H,13-14H2,1-4H3,(H,25,26). The van der Waals surface area contributed by atoms with Crippen molar-refractivity contribution in [3.8, 4) is 11.5 Å². The Hall–Kier alpha value is -3.74. The fourth-order valence-electron chi connectivity index (χ4n) is 3.09. The molecule has 0 atom stereocenters. The van der Waals surface area contributed by atoms with Crippen molar-refractivity contribution < 1.29 is 28.2 Å². The molecule has 0 fully saturated rings. The summed E-state index contributed by atoms with van der Waals surface area (Å²) >= 11 is 0. The fourth-order valence-corrected chi connectivity index (χ4v) is 3.09. The van der Waals surface area contributed by atoms with Crippen LogP contribution in [0, 0.1) is 13.8 Å². The summed E-state index contributed by atoms with van der Waals surface area (Å²) < 4.78 is 21.3. The molecular formula is C24H25NO6. The van der Waals surface area contributed by atoms with Crippen molar-refractivity contribution in [1.29, 1.82) is 0 Å². The molecule has 31 heavy (non-hydrogen) atoms. The van der Waals surface area contributed by atoms with Crippen LogP contribution in [0.2, 0.25) is 0 Å². The number of hydrogen-bond donors (Lipinski definition) is 1. The van der Waals surface area contributed by atoms with Gasteiger partial charge in [-0.3, -0.25) is 4.79 Å². The maximum atomic E-state index is 12.4. The van der Waals surface area contributed by atoms with E-state index in [1.54, 1.807) is 30.3 Å². The van der Waals surface area contributed by atoms with Gasteiger partial charge in [0, 0.05) is 6.54 Å². The third-order valence-corrected chi connectivity index (χ3v) is 4.71. The molecule has 0 radical (unpaired) electrons.